The van der Waals surface area contributed by atoms with Crippen LogP contribution in [0.2, 0.25) is 0 Å². The number of hydrogen-bond donors (Lipinski definition) is 2. The van der Waals surface area contributed by atoms with Gasteiger partial charge in [0.15, 0.2) is 0 Å². The number of likely N-dealkylation sites (N-methyl/N-ethyl adjacent to an activating group) is 1. The molecule has 0 unspecified atom stereocenters. The number of aliphatic hydroxyl groups is 1. The zero-order valence-corrected chi connectivity index (χ0v) is 24.9. The van der Waals surface area contributed by atoms with Crippen molar-refractivity contribution < 1.29 is 13.9 Å². The number of thioether (sulfide) groups is 1. The molecule has 214 valence electrons. The second-order valence-corrected chi connectivity index (χ2v) is 10.7. The van der Waals surface area contributed by atoms with Gasteiger partial charge < -0.3 is 10.4 Å². The van der Waals surface area contributed by atoms with Crippen LogP contribution < -0.4 is 5.32 Å². The number of allylic oxidation sites excluding steroid dienone is 1. The van der Waals surface area contributed by atoms with Crippen LogP contribution in [0.25, 0.3) is 16.6 Å². The molecule has 6 nitrogen and oxygen atoms in total. The first-order chi connectivity index (χ1) is 18.1. The number of fused-ring (bicyclic) bond motifs is 1. The number of aromatic nitrogens is 2. The molecule has 0 amide bonds. The predicted octanol–water partition coefficient (Wildman–Crippen LogP) is 6.72. The summed E-state index contributed by atoms with van der Waals surface area (Å²) in [4.78, 5) is 7.05. The molecule has 9 heteroatoms. The lowest BCUT2D eigenvalue weighted by Crippen LogP contribution is -2.26. The SMILES string of the molecule is C=C(NC1CCCC1)c1cccc2nn(C)cc12.C=N/C(CN(CC)CCC)=C(/C)SCC(C)(F)F.CO. The average molecular weight is 552 g/mol. The molecule has 2 N–H and O–H groups in total. The molecule has 0 atom stereocenters. The standard InChI is InChI=1S/C15H19N3.C13H24F2N2S.CH4O/c1-11(16-12-6-3-4-7-12)13-8-5-9-15-14(13)10-18(2)17-15;1-6-8-17(7-2)9-12(16-5)11(3)18-10-13(4,14)15;1-2/h5,8-10,12,16H,1,3-4,6-7H2,2H3;5-10H2,1-4H3;2H,1H3/b;12-11-;. The van der Waals surface area contributed by atoms with Crippen LogP contribution in [0.4, 0.5) is 8.78 Å². The van der Waals surface area contributed by atoms with Gasteiger partial charge in [0.05, 0.1) is 17.0 Å². The number of aryl methyl sites for hydroxylation is 1. The summed E-state index contributed by atoms with van der Waals surface area (Å²) in [7, 11) is 2.96. The van der Waals surface area contributed by atoms with Crippen molar-refractivity contribution in [1.82, 2.24) is 20.0 Å². The smallest absolute Gasteiger partial charge is 0.254 e. The molecule has 2 aromatic rings. The van der Waals surface area contributed by atoms with E-state index < -0.39 is 5.92 Å². The Morgan fingerprint density at radius 2 is 1.95 bits per heavy atom. The van der Waals surface area contributed by atoms with Gasteiger partial charge in [-0.3, -0.25) is 14.6 Å². The van der Waals surface area contributed by atoms with Gasteiger partial charge in [-0.05, 0) is 52.1 Å². The van der Waals surface area contributed by atoms with Crippen LogP contribution in [-0.4, -0.2) is 71.0 Å². The largest absolute Gasteiger partial charge is 0.400 e. The third kappa shape index (κ3) is 11.7. The Labute approximate surface area is 232 Å². The summed E-state index contributed by atoms with van der Waals surface area (Å²) in [6.45, 7) is 17.3. The zero-order valence-electron chi connectivity index (χ0n) is 24.1. The van der Waals surface area contributed by atoms with E-state index in [9.17, 15) is 8.78 Å². The van der Waals surface area contributed by atoms with Crippen LogP contribution in [0.1, 0.15) is 65.4 Å². The molecule has 0 aliphatic heterocycles. The highest BCUT2D eigenvalue weighted by atomic mass is 32.2. The summed E-state index contributed by atoms with van der Waals surface area (Å²) < 4.78 is 27.5. The number of rotatable bonds is 12. The van der Waals surface area contributed by atoms with E-state index in [1.807, 2.05) is 30.8 Å². The Bertz CT molecular complexity index is 1030. The lowest BCUT2D eigenvalue weighted by Gasteiger charge is -2.21. The first kappa shape index (κ1) is 33.8. The Morgan fingerprint density at radius 1 is 1.29 bits per heavy atom. The Kier molecular flexibility index (Phi) is 15.5. The van der Waals surface area contributed by atoms with Crippen molar-refractivity contribution in [1.29, 1.82) is 0 Å². The summed E-state index contributed by atoms with van der Waals surface area (Å²) in [5, 5.41) is 16.2. The van der Waals surface area contributed by atoms with Crippen molar-refractivity contribution in [3.63, 3.8) is 0 Å². The van der Waals surface area contributed by atoms with Crippen LogP contribution in [0.3, 0.4) is 0 Å². The molecule has 1 heterocycles. The van der Waals surface area contributed by atoms with Crippen LogP contribution in [0, 0.1) is 0 Å². The van der Waals surface area contributed by atoms with Crippen molar-refractivity contribution in [3.8, 4) is 0 Å². The zero-order chi connectivity index (χ0) is 28.7. The van der Waals surface area contributed by atoms with Gasteiger partial charge in [0.2, 0.25) is 0 Å². The summed E-state index contributed by atoms with van der Waals surface area (Å²) in [6.07, 6.45) is 8.33. The number of hydrogen-bond acceptors (Lipinski definition) is 6. The molecule has 38 heavy (non-hydrogen) atoms. The van der Waals surface area contributed by atoms with Crippen molar-refractivity contribution >= 4 is 35.1 Å². The van der Waals surface area contributed by atoms with E-state index in [2.05, 4.69) is 59.7 Å². The molecule has 1 aliphatic carbocycles. The maximum Gasteiger partial charge on any atom is 0.254 e. The molecule has 1 aromatic heterocycles. The maximum absolute atomic E-state index is 12.8. The van der Waals surface area contributed by atoms with Gasteiger partial charge in [-0.1, -0.05) is 45.4 Å². The quantitative estimate of drug-likeness (QED) is 0.287. The summed E-state index contributed by atoms with van der Waals surface area (Å²) in [5.41, 5.74) is 4.04. The minimum atomic E-state index is -2.65. The maximum atomic E-state index is 12.8. The highest BCUT2D eigenvalue weighted by Crippen LogP contribution is 2.28. The fourth-order valence-electron chi connectivity index (χ4n) is 4.29. The van der Waals surface area contributed by atoms with Crippen LogP contribution in [0.5, 0.6) is 0 Å². The van der Waals surface area contributed by atoms with E-state index in [-0.39, 0.29) is 5.75 Å². The fourth-order valence-corrected chi connectivity index (χ4v) is 5.05. The number of alkyl halides is 2. The number of aliphatic hydroxyl groups excluding tert-OH is 1. The van der Waals surface area contributed by atoms with Gasteiger partial charge in [0, 0.05) is 61.4 Å². The normalized spacial score (nSPS) is 14.4. The van der Waals surface area contributed by atoms with Gasteiger partial charge in [0.1, 0.15) is 0 Å². The molecule has 1 aliphatic rings. The number of nitrogens with zero attached hydrogens (tertiary/aromatic N) is 4. The van der Waals surface area contributed by atoms with E-state index >= 15 is 0 Å². The number of aliphatic imine (C=N–C) groups is 1. The van der Waals surface area contributed by atoms with E-state index in [1.165, 1.54) is 36.6 Å². The third-order valence-electron chi connectivity index (χ3n) is 6.22. The number of benzene rings is 1. The van der Waals surface area contributed by atoms with E-state index in [4.69, 9.17) is 5.11 Å². The predicted molar refractivity (Wildman–Crippen MR) is 161 cm³/mol. The number of nitrogens with one attached hydrogen (secondary N) is 1. The van der Waals surface area contributed by atoms with Crippen molar-refractivity contribution in [2.45, 2.75) is 71.8 Å². The van der Waals surface area contributed by atoms with Crippen molar-refractivity contribution in [2.75, 3.05) is 32.5 Å². The van der Waals surface area contributed by atoms with Crippen LogP contribution in [-0.2, 0) is 7.05 Å². The summed E-state index contributed by atoms with van der Waals surface area (Å²) in [6, 6.07) is 6.81. The lowest BCUT2D eigenvalue weighted by molar-refractivity contribution is 0.0493. The topological polar surface area (TPSA) is 65.7 Å². The Balaban J connectivity index is 0.000000357. The molecule has 0 bridgehead atoms. The first-order valence-corrected chi connectivity index (χ1v) is 14.3. The Hall–Kier alpha value is -2.23. The molecule has 1 fully saturated rings. The van der Waals surface area contributed by atoms with E-state index in [1.54, 1.807) is 0 Å². The number of halogens is 2. The molecule has 0 spiro atoms. The molecular formula is C29H47F2N5OS. The fraction of sp³-hybridized carbons (Fsp3) is 0.586. The van der Waals surface area contributed by atoms with Gasteiger partial charge in [-0.15, -0.1) is 11.8 Å². The Morgan fingerprint density at radius 3 is 2.50 bits per heavy atom. The highest BCUT2D eigenvalue weighted by Gasteiger charge is 2.22. The minimum absolute atomic E-state index is 0.211. The van der Waals surface area contributed by atoms with Gasteiger partial charge in [-0.25, -0.2) is 8.78 Å². The van der Waals surface area contributed by atoms with E-state index in [0.717, 1.165) is 67.1 Å². The van der Waals surface area contributed by atoms with E-state index in [0.29, 0.717) is 12.6 Å². The van der Waals surface area contributed by atoms with Gasteiger partial charge in [0.25, 0.3) is 5.92 Å². The second-order valence-electron chi connectivity index (χ2n) is 9.53. The average Bonchev–Trinajstić information content (AvgIpc) is 3.54. The summed E-state index contributed by atoms with van der Waals surface area (Å²) in [5.74, 6) is -2.86. The molecular weight excluding hydrogens is 504 g/mol. The molecule has 0 saturated heterocycles. The molecule has 3 rings (SSSR count). The first-order valence-electron chi connectivity index (χ1n) is 13.3. The molecule has 0 radical (unpaired) electrons. The van der Waals surface area contributed by atoms with Crippen molar-refractivity contribution in [3.05, 3.63) is 47.1 Å². The molecule has 1 aromatic carbocycles. The second kappa shape index (κ2) is 17.4. The monoisotopic (exact) mass is 551 g/mol. The van der Waals surface area contributed by atoms with Crippen LogP contribution in [0.15, 0.2) is 46.6 Å². The van der Waals surface area contributed by atoms with Gasteiger partial charge >= 0.3 is 0 Å². The summed E-state index contributed by atoms with van der Waals surface area (Å²) >= 11 is 1.16. The van der Waals surface area contributed by atoms with Crippen molar-refractivity contribution in [2.24, 2.45) is 12.0 Å². The molecule has 1 saturated carbocycles. The highest BCUT2D eigenvalue weighted by molar-refractivity contribution is 8.03. The third-order valence-corrected chi connectivity index (χ3v) is 7.54. The van der Waals surface area contributed by atoms with Crippen LogP contribution >= 0.6 is 11.8 Å². The van der Waals surface area contributed by atoms with Gasteiger partial charge in [-0.2, -0.15) is 5.10 Å². The minimum Gasteiger partial charge on any atom is -0.400 e. The lowest BCUT2D eigenvalue weighted by atomic mass is 10.1.